The van der Waals surface area contributed by atoms with Gasteiger partial charge in [0, 0.05) is 30.0 Å². The van der Waals surface area contributed by atoms with E-state index in [1.807, 2.05) is 12.1 Å². The molecule has 9 heteroatoms. The van der Waals surface area contributed by atoms with Gasteiger partial charge in [-0.25, -0.2) is 0 Å². The lowest BCUT2D eigenvalue weighted by atomic mass is 10.1. The molecule has 2 aromatic rings. The molecule has 0 bridgehead atoms. The van der Waals surface area contributed by atoms with Gasteiger partial charge in [-0.3, -0.25) is 9.59 Å². The molecule has 4 rings (SSSR count). The third kappa shape index (κ3) is 4.47. The number of amides is 2. The lowest BCUT2D eigenvalue weighted by molar-refractivity contribution is -0.118. The fraction of sp³-hybridized carbons (Fsp3) is 0.333. The van der Waals surface area contributed by atoms with Gasteiger partial charge in [0.25, 0.3) is 5.91 Å². The molecular weight excluding hydrogens is 390 g/mol. The molecule has 30 heavy (non-hydrogen) atoms. The zero-order chi connectivity index (χ0) is 20.9. The van der Waals surface area contributed by atoms with E-state index < -0.39 is 24.5 Å². The van der Waals surface area contributed by atoms with Gasteiger partial charge in [-0.15, -0.1) is 0 Å². The van der Waals surface area contributed by atoms with Crippen molar-refractivity contribution in [2.45, 2.75) is 6.04 Å². The van der Waals surface area contributed by atoms with Crippen LogP contribution in [0.25, 0.3) is 0 Å². The number of fused-ring (bicyclic) bond motifs is 1. The second-order valence-corrected chi connectivity index (χ2v) is 6.91. The SMILES string of the molecule is O=C(N[C@@H](CO)C(=O)Nc1ccc(N2CCOCC2)cc1)c1ccc2c(c1)OCO2. The molecule has 0 aliphatic carbocycles. The van der Waals surface area contributed by atoms with E-state index in [4.69, 9.17) is 14.2 Å². The molecule has 9 nitrogen and oxygen atoms in total. The second-order valence-electron chi connectivity index (χ2n) is 6.91. The minimum absolute atomic E-state index is 0.104. The Morgan fingerprint density at radius 1 is 1.03 bits per heavy atom. The van der Waals surface area contributed by atoms with Crippen molar-refractivity contribution in [1.82, 2.24) is 5.32 Å². The first-order valence-corrected chi connectivity index (χ1v) is 9.69. The van der Waals surface area contributed by atoms with E-state index >= 15 is 0 Å². The number of ether oxygens (including phenoxy) is 3. The van der Waals surface area contributed by atoms with Crippen LogP contribution in [-0.2, 0) is 9.53 Å². The van der Waals surface area contributed by atoms with Crippen LogP contribution in [0, 0.1) is 0 Å². The molecule has 158 valence electrons. The quantitative estimate of drug-likeness (QED) is 0.648. The lowest BCUT2D eigenvalue weighted by Crippen LogP contribution is -2.46. The van der Waals surface area contributed by atoms with E-state index in [1.165, 1.54) is 6.07 Å². The minimum Gasteiger partial charge on any atom is -0.454 e. The third-order valence-electron chi connectivity index (χ3n) is 4.95. The Bertz CT molecular complexity index is 911. The highest BCUT2D eigenvalue weighted by Crippen LogP contribution is 2.32. The van der Waals surface area contributed by atoms with Crippen LogP contribution in [0.4, 0.5) is 11.4 Å². The van der Waals surface area contributed by atoms with Crippen LogP contribution in [0.3, 0.4) is 0 Å². The monoisotopic (exact) mass is 413 g/mol. The number of benzene rings is 2. The number of carbonyl (C=O) groups is 2. The summed E-state index contributed by atoms with van der Waals surface area (Å²) < 4.78 is 15.8. The number of morpholine rings is 1. The van der Waals surface area contributed by atoms with Crippen molar-refractivity contribution in [3.05, 3.63) is 48.0 Å². The van der Waals surface area contributed by atoms with Crippen molar-refractivity contribution in [3.63, 3.8) is 0 Å². The molecule has 2 aliphatic heterocycles. The number of aliphatic hydroxyl groups is 1. The molecule has 1 atom stereocenters. The van der Waals surface area contributed by atoms with Gasteiger partial charge in [-0.2, -0.15) is 0 Å². The molecule has 0 spiro atoms. The van der Waals surface area contributed by atoms with Gasteiger partial charge in [0.05, 0.1) is 19.8 Å². The zero-order valence-electron chi connectivity index (χ0n) is 16.3. The Hall–Kier alpha value is -3.30. The number of nitrogens with one attached hydrogen (secondary N) is 2. The summed E-state index contributed by atoms with van der Waals surface area (Å²) in [6.07, 6.45) is 0. The van der Waals surface area contributed by atoms with Crippen molar-refractivity contribution in [1.29, 1.82) is 0 Å². The maximum Gasteiger partial charge on any atom is 0.252 e. The molecule has 1 fully saturated rings. The first-order valence-electron chi connectivity index (χ1n) is 9.69. The van der Waals surface area contributed by atoms with E-state index in [9.17, 15) is 14.7 Å². The molecule has 3 N–H and O–H groups in total. The summed E-state index contributed by atoms with van der Waals surface area (Å²) >= 11 is 0. The number of aliphatic hydroxyl groups excluding tert-OH is 1. The average Bonchev–Trinajstić information content (AvgIpc) is 3.26. The summed E-state index contributed by atoms with van der Waals surface area (Å²) in [5.74, 6) is 0.0208. The first-order chi connectivity index (χ1) is 14.6. The standard InChI is InChI=1S/C21H23N3O6/c25-12-17(23-20(26)14-1-6-18-19(11-14)30-13-29-18)21(27)22-15-2-4-16(5-3-15)24-7-9-28-10-8-24/h1-6,11,17,25H,7-10,12-13H2,(H,22,27)(H,23,26)/t17-/m0/s1. The first kappa shape index (κ1) is 20.0. The third-order valence-corrected chi connectivity index (χ3v) is 4.95. The molecule has 2 amide bonds. The summed E-state index contributed by atoms with van der Waals surface area (Å²) in [6.45, 7) is 2.61. The zero-order valence-corrected chi connectivity index (χ0v) is 16.3. The largest absolute Gasteiger partial charge is 0.454 e. The number of nitrogens with zero attached hydrogens (tertiary/aromatic N) is 1. The minimum atomic E-state index is -1.10. The highest BCUT2D eigenvalue weighted by molar-refractivity contribution is 6.01. The molecule has 1 saturated heterocycles. The summed E-state index contributed by atoms with van der Waals surface area (Å²) in [5, 5.41) is 14.9. The fourth-order valence-electron chi connectivity index (χ4n) is 3.28. The van der Waals surface area contributed by atoms with Crippen molar-refractivity contribution >= 4 is 23.2 Å². The van der Waals surface area contributed by atoms with Crippen LogP contribution in [-0.4, -0.2) is 62.7 Å². The van der Waals surface area contributed by atoms with Crippen LogP contribution in [0.2, 0.25) is 0 Å². The van der Waals surface area contributed by atoms with Crippen molar-refractivity contribution in [2.75, 3.05) is 49.9 Å². The molecule has 0 aromatic heterocycles. The van der Waals surface area contributed by atoms with Gasteiger partial charge in [0.2, 0.25) is 12.7 Å². The van der Waals surface area contributed by atoms with Gasteiger partial charge in [-0.05, 0) is 42.5 Å². The number of hydrogen-bond donors (Lipinski definition) is 3. The van der Waals surface area contributed by atoms with E-state index in [0.29, 0.717) is 36.0 Å². The number of carbonyl (C=O) groups excluding carboxylic acids is 2. The van der Waals surface area contributed by atoms with Gasteiger partial charge < -0.3 is 34.9 Å². The maximum absolute atomic E-state index is 12.5. The molecule has 2 heterocycles. The summed E-state index contributed by atoms with van der Waals surface area (Å²) in [4.78, 5) is 27.2. The molecule has 2 aliphatic rings. The highest BCUT2D eigenvalue weighted by Gasteiger charge is 2.23. The number of hydrogen-bond acceptors (Lipinski definition) is 7. The van der Waals surface area contributed by atoms with Gasteiger partial charge in [0.15, 0.2) is 11.5 Å². The second kappa shape index (κ2) is 9.02. The summed E-state index contributed by atoms with van der Waals surface area (Å²) in [7, 11) is 0. The highest BCUT2D eigenvalue weighted by atomic mass is 16.7. The van der Waals surface area contributed by atoms with Crippen molar-refractivity contribution in [3.8, 4) is 11.5 Å². The summed E-state index contributed by atoms with van der Waals surface area (Å²) in [6, 6.07) is 11.0. The maximum atomic E-state index is 12.5. The van der Waals surface area contributed by atoms with Crippen molar-refractivity contribution < 1.29 is 28.9 Å². The molecular formula is C21H23N3O6. The molecule has 0 unspecified atom stereocenters. The Morgan fingerprint density at radius 2 is 1.77 bits per heavy atom. The van der Waals surface area contributed by atoms with Crippen LogP contribution < -0.4 is 25.0 Å². The predicted octanol–water partition coefficient (Wildman–Crippen LogP) is 0.981. The van der Waals surface area contributed by atoms with E-state index in [2.05, 4.69) is 15.5 Å². The van der Waals surface area contributed by atoms with Crippen LogP contribution in [0.5, 0.6) is 11.5 Å². The van der Waals surface area contributed by atoms with Crippen LogP contribution in [0.15, 0.2) is 42.5 Å². The van der Waals surface area contributed by atoms with E-state index in [-0.39, 0.29) is 6.79 Å². The molecule has 0 saturated carbocycles. The number of rotatable bonds is 6. The lowest BCUT2D eigenvalue weighted by Gasteiger charge is -2.29. The number of anilines is 2. The Morgan fingerprint density at radius 3 is 2.50 bits per heavy atom. The predicted molar refractivity (Wildman–Crippen MR) is 109 cm³/mol. The Labute approximate surface area is 173 Å². The fourth-order valence-corrected chi connectivity index (χ4v) is 3.28. The van der Waals surface area contributed by atoms with Gasteiger partial charge >= 0.3 is 0 Å². The average molecular weight is 413 g/mol. The van der Waals surface area contributed by atoms with Crippen molar-refractivity contribution in [2.24, 2.45) is 0 Å². The van der Waals surface area contributed by atoms with Gasteiger partial charge in [-0.1, -0.05) is 0 Å². The van der Waals surface area contributed by atoms with Crippen LogP contribution >= 0.6 is 0 Å². The molecule has 2 aromatic carbocycles. The normalized spacial score (nSPS) is 16.1. The molecule has 0 radical (unpaired) electrons. The Kier molecular flexibility index (Phi) is 6.01. The van der Waals surface area contributed by atoms with E-state index in [0.717, 1.165) is 18.8 Å². The van der Waals surface area contributed by atoms with Crippen LogP contribution in [0.1, 0.15) is 10.4 Å². The van der Waals surface area contributed by atoms with E-state index in [1.54, 1.807) is 24.3 Å². The smallest absolute Gasteiger partial charge is 0.252 e. The Balaban J connectivity index is 1.36. The summed E-state index contributed by atoms with van der Waals surface area (Å²) in [5.41, 5.74) is 1.93. The topological polar surface area (TPSA) is 109 Å². The van der Waals surface area contributed by atoms with Gasteiger partial charge in [0.1, 0.15) is 6.04 Å².